The summed E-state index contributed by atoms with van der Waals surface area (Å²) in [6, 6.07) is 0. The maximum atomic E-state index is 5.60. The second-order valence-corrected chi connectivity index (χ2v) is 2.76. The summed E-state index contributed by atoms with van der Waals surface area (Å²) in [6.45, 7) is 7.62. The zero-order chi connectivity index (χ0) is 8.27. The molecule has 1 aliphatic rings. The summed E-state index contributed by atoms with van der Waals surface area (Å²) in [4.78, 5) is 0. The van der Waals surface area contributed by atoms with Gasteiger partial charge in [-0.05, 0) is 12.5 Å². The van der Waals surface area contributed by atoms with Gasteiger partial charge in [-0.2, -0.15) is 0 Å². The molecule has 1 aliphatic heterocycles. The van der Waals surface area contributed by atoms with Crippen molar-refractivity contribution in [2.45, 2.75) is 6.92 Å². The molecule has 0 unspecified atom stereocenters. The highest BCUT2D eigenvalue weighted by molar-refractivity contribution is 6.23. The molecule has 0 aliphatic carbocycles. The van der Waals surface area contributed by atoms with E-state index >= 15 is 0 Å². The van der Waals surface area contributed by atoms with Crippen molar-refractivity contribution in [3.05, 3.63) is 35.3 Å². The monoisotopic (exact) mass is 145 g/mol. The van der Waals surface area contributed by atoms with E-state index in [0.29, 0.717) is 0 Å². The fourth-order valence-corrected chi connectivity index (χ4v) is 1.08. The predicted octanol–water partition coefficient (Wildman–Crippen LogP) is 1.14. The standard InChI is InChI=1S/C9H12BN/c1-3-9(10)4-8-6-11-5-7(8)2/h3-4,11H,1,5-6H2,2H3/b9-4+. The van der Waals surface area contributed by atoms with Crippen LogP contribution in [-0.4, -0.2) is 20.9 Å². The van der Waals surface area contributed by atoms with Crippen molar-refractivity contribution < 1.29 is 0 Å². The largest absolute Gasteiger partial charge is 0.309 e. The Morgan fingerprint density at radius 1 is 1.64 bits per heavy atom. The summed E-state index contributed by atoms with van der Waals surface area (Å²) >= 11 is 0. The van der Waals surface area contributed by atoms with Gasteiger partial charge in [-0.25, -0.2) is 0 Å². The first kappa shape index (κ1) is 8.34. The van der Waals surface area contributed by atoms with E-state index in [2.05, 4.69) is 18.8 Å². The second-order valence-electron chi connectivity index (χ2n) is 2.76. The molecule has 0 saturated heterocycles. The second kappa shape index (κ2) is 3.58. The van der Waals surface area contributed by atoms with Crippen LogP contribution in [0.25, 0.3) is 0 Å². The zero-order valence-corrected chi connectivity index (χ0v) is 6.85. The summed E-state index contributed by atoms with van der Waals surface area (Å²) in [5, 5.41) is 3.24. The van der Waals surface area contributed by atoms with Crippen LogP contribution >= 0.6 is 0 Å². The number of rotatable bonds is 2. The number of hydrogen-bond acceptors (Lipinski definition) is 1. The van der Waals surface area contributed by atoms with E-state index in [0.717, 1.165) is 18.6 Å². The van der Waals surface area contributed by atoms with Crippen molar-refractivity contribution in [2.24, 2.45) is 0 Å². The molecular weight excluding hydrogens is 133 g/mol. The summed E-state index contributed by atoms with van der Waals surface area (Å²) in [5.74, 6) is 0. The lowest BCUT2D eigenvalue weighted by atomic mass is 9.93. The van der Waals surface area contributed by atoms with Crippen LogP contribution in [0.4, 0.5) is 0 Å². The van der Waals surface area contributed by atoms with Gasteiger partial charge in [0.05, 0.1) is 0 Å². The van der Waals surface area contributed by atoms with Crippen molar-refractivity contribution >= 4 is 7.85 Å². The molecule has 0 saturated carbocycles. The van der Waals surface area contributed by atoms with Crippen LogP contribution in [0.3, 0.4) is 0 Å². The molecule has 0 aromatic rings. The van der Waals surface area contributed by atoms with Gasteiger partial charge in [-0.1, -0.05) is 29.8 Å². The van der Waals surface area contributed by atoms with E-state index in [1.165, 1.54) is 11.1 Å². The van der Waals surface area contributed by atoms with Gasteiger partial charge in [0.15, 0.2) is 0 Å². The van der Waals surface area contributed by atoms with Gasteiger partial charge in [0, 0.05) is 13.1 Å². The topological polar surface area (TPSA) is 12.0 Å². The van der Waals surface area contributed by atoms with Crippen LogP contribution in [0.1, 0.15) is 6.92 Å². The lowest BCUT2D eigenvalue weighted by Gasteiger charge is -1.95. The Bertz CT molecular complexity index is 226. The Morgan fingerprint density at radius 3 is 2.82 bits per heavy atom. The maximum absolute atomic E-state index is 5.60. The van der Waals surface area contributed by atoms with E-state index in [9.17, 15) is 0 Å². The molecule has 0 aromatic heterocycles. The molecule has 1 rings (SSSR count). The summed E-state index contributed by atoms with van der Waals surface area (Å²) in [5.41, 5.74) is 3.40. The van der Waals surface area contributed by atoms with Crippen molar-refractivity contribution in [1.29, 1.82) is 0 Å². The Morgan fingerprint density at radius 2 is 2.36 bits per heavy atom. The fourth-order valence-electron chi connectivity index (χ4n) is 1.08. The smallest absolute Gasteiger partial charge is 0.113 e. The van der Waals surface area contributed by atoms with Gasteiger partial charge >= 0.3 is 0 Å². The van der Waals surface area contributed by atoms with E-state index in [1.54, 1.807) is 6.08 Å². The highest BCUT2D eigenvalue weighted by Gasteiger charge is 2.06. The van der Waals surface area contributed by atoms with Crippen LogP contribution in [0.5, 0.6) is 0 Å². The Balaban J connectivity index is 2.75. The molecule has 2 heteroatoms. The van der Waals surface area contributed by atoms with Gasteiger partial charge in [0.1, 0.15) is 7.85 Å². The average Bonchev–Trinajstić information content (AvgIpc) is 2.37. The number of nitrogens with one attached hydrogen (secondary N) is 1. The minimum atomic E-state index is 0.739. The van der Waals surface area contributed by atoms with E-state index < -0.39 is 0 Å². The third kappa shape index (κ3) is 2.09. The molecule has 0 aromatic carbocycles. The summed E-state index contributed by atoms with van der Waals surface area (Å²) in [6.07, 6.45) is 3.64. The molecule has 0 fully saturated rings. The molecular formula is C9H12BN. The normalized spacial score (nSPS) is 19.2. The third-order valence-corrected chi connectivity index (χ3v) is 1.83. The SMILES string of the molecule is [B]/C(C=C)=C/C1=C(C)CNC1. The van der Waals surface area contributed by atoms with Crippen molar-refractivity contribution in [3.8, 4) is 0 Å². The predicted molar refractivity (Wildman–Crippen MR) is 49.6 cm³/mol. The molecule has 0 bridgehead atoms. The number of hydrogen-bond donors (Lipinski definition) is 1. The van der Waals surface area contributed by atoms with Crippen molar-refractivity contribution in [3.63, 3.8) is 0 Å². The first-order chi connectivity index (χ1) is 5.24. The van der Waals surface area contributed by atoms with Crippen LogP contribution in [0.2, 0.25) is 0 Å². The first-order valence-corrected chi connectivity index (χ1v) is 3.73. The van der Waals surface area contributed by atoms with E-state index in [1.807, 2.05) is 6.08 Å². The quantitative estimate of drug-likeness (QED) is 0.453. The molecule has 11 heavy (non-hydrogen) atoms. The molecule has 1 nitrogen and oxygen atoms in total. The molecule has 2 radical (unpaired) electrons. The minimum Gasteiger partial charge on any atom is -0.309 e. The van der Waals surface area contributed by atoms with Crippen molar-refractivity contribution in [1.82, 2.24) is 5.32 Å². The summed E-state index contributed by atoms with van der Waals surface area (Å²) in [7, 11) is 5.60. The lowest BCUT2D eigenvalue weighted by Crippen LogP contribution is -2.08. The highest BCUT2D eigenvalue weighted by atomic mass is 14.9. The first-order valence-electron chi connectivity index (χ1n) is 3.73. The molecule has 0 spiro atoms. The minimum absolute atomic E-state index is 0.739. The lowest BCUT2D eigenvalue weighted by molar-refractivity contribution is 0.868. The summed E-state index contributed by atoms with van der Waals surface area (Å²) < 4.78 is 0. The average molecular weight is 145 g/mol. The fraction of sp³-hybridized carbons (Fsp3) is 0.333. The molecule has 56 valence electrons. The van der Waals surface area contributed by atoms with Gasteiger partial charge in [-0.15, -0.1) is 0 Å². The zero-order valence-electron chi connectivity index (χ0n) is 6.85. The Kier molecular flexibility index (Phi) is 2.72. The van der Waals surface area contributed by atoms with Gasteiger partial charge in [-0.3, -0.25) is 0 Å². The third-order valence-electron chi connectivity index (χ3n) is 1.83. The van der Waals surface area contributed by atoms with Crippen molar-refractivity contribution in [2.75, 3.05) is 13.1 Å². The molecule has 0 atom stereocenters. The molecule has 1 N–H and O–H groups in total. The Hall–Kier alpha value is -0.755. The Labute approximate surface area is 69.3 Å². The molecule has 0 amide bonds. The molecule has 1 heterocycles. The maximum Gasteiger partial charge on any atom is 0.113 e. The van der Waals surface area contributed by atoms with Gasteiger partial charge in [0.25, 0.3) is 0 Å². The van der Waals surface area contributed by atoms with Gasteiger partial charge in [0.2, 0.25) is 0 Å². The number of allylic oxidation sites excluding steroid dienone is 2. The van der Waals surface area contributed by atoms with Crippen LogP contribution in [0.15, 0.2) is 35.3 Å². The van der Waals surface area contributed by atoms with E-state index in [4.69, 9.17) is 7.85 Å². The van der Waals surface area contributed by atoms with Crippen LogP contribution < -0.4 is 5.32 Å². The van der Waals surface area contributed by atoms with Crippen LogP contribution in [-0.2, 0) is 0 Å². The van der Waals surface area contributed by atoms with Gasteiger partial charge < -0.3 is 5.32 Å². The van der Waals surface area contributed by atoms with E-state index in [-0.39, 0.29) is 0 Å². The highest BCUT2D eigenvalue weighted by Crippen LogP contribution is 2.11. The van der Waals surface area contributed by atoms with Crippen LogP contribution in [0, 0.1) is 0 Å².